The molecule has 21 heavy (non-hydrogen) atoms. The summed E-state index contributed by atoms with van der Waals surface area (Å²) >= 11 is 0. The number of carbonyl (C=O) groups is 1. The molecular weight excluding hydrogens is 266 g/mol. The Morgan fingerprint density at radius 3 is 3.19 bits per heavy atom. The lowest BCUT2D eigenvalue weighted by atomic mass is 10.0. The Kier molecular flexibility index (Phi) is 4.72. The van der Waals surface area contributed by atoms with Crippen molar-refractivity contribution in [3.63, 3.8) is 0 Å². The Balaban J connectivity index is 1.58. The van der Waals surface area contributed by atoms with Gasteiger partial charge in [-0.3, -0.25) is 9.69 Å². The molecule has 0 saturated carbocycles. The minimum Gasteiger partial charge on any atom is -0.493 e. The van der Waals surface area contributed by atoms with E-state index in [0.717, 1.165) is 50.3 Å². The van der Waals surface area contributed by atoms with Crippen molar-refractivity contribution < 1.29 is 9.53 Å². The van der Waals surface area contributed by atoms with Crippen LogP contribution in [0.25, 0.3) is 0 Å². The van der Waals surface area contributed by atoms with Gasteiger partial charge in [0.25, 0.3) is 0 Å². The van der Waals surface area contributed by atoms with E-state index < -0.39 is 0 Å². The predicted octanol–water partition coefficient (Wildman–Crippen LogP) is 0.922. The van der Waals surface area contributed by atoms with E-state index in [2.05, 4.69) is 15.5 Å². The van der Waals surface area contributed by atoms with Gasteiger partial charge in [0, 0.05) is 25.1 Å². The molecule has 0 bridgehead atoms. The first kappa shape index (κ1) is 14.4. The average molecular weight is 289 g/mol. The number of hydrogen-bond acceptors (Lipinski definition) is 4. The number of carbonyl (C=O) groups excluding carboxylic acids is 1. The normalized spacial score (nSPS) is 22.8. The number of hydrogen-bond donors (Lipinski definition) is 2. The summed E-state index contributed by atoms with van der Waals surface area (Å²) in [5, 5.41) is 6.52. The maximum Gasteiger partial charge on any atom is 0.234 e. The number of ether oxygens (including phenoxy) is 1. The predicted molar refractivity (Wildman–Crippen MR) is 81.4 cm³/mol. The van der Waals surface area contributed by atoms with Gasteiger partial charge in [0.1, 0.15) is 5.75 Å². The fraction of sp³-hybridized carbons (Fsp3) is 0.562. The number of nitrogens with zero attached hydrogens (tertiary/aromatic N) is 1. The van der Waals surface area contributed by atoms with Crippen LogP contribution in [0.2, 0.25) is 0 Å². The average Bonchev–Trinajstić information content (AvgIpc) is 2.76. The molecule has 1 fully saturated rings. The number of benzene rings is 1. The van der Waals surface area contributed by atoms with Crippen LogP contribution in [-0.2, 0) is 4.79 Å². The molecule has 0 spiro atoms. The van der Waals surface area contributed by atoms with Gasteiger partial charge in [-0.1, -0.05) is 18.2 Å². The first-order valence-corrected chi connectivity index (χ1v) is 7.77. The van der Waals surface area contributed by atoms with E-state index in [1.54, 1.807) is 0 Å². The van der Waals surface area contributed by atoms with E-state index in [1.807, 2.05) is 24.3 Å². The minimum absolute atomic E-state index is 0.0764. The first-order chi connectivity index (χ1) is 10.3. The van der Waals surface area contributed by atoms with Crippen LogP contribution in [0, 0.1) is 0 Å². The van der Waals surface area contributed by atoms with E-state index >= 15 is 0 Å². The summed E-state index contributed by atoms with van der Waals surface area (Å²) in [7, 11) is 0. The van der Waals surface area contributed by atoms with Crippen molar-refractivity contribution >= 4 is 5.91 Å². The maximum absolute atomic E-state index is 12.3. The molecule has 5 heteroatoms. The van der Waals surface area contributed by atoms with Gasteiger partial charge in [-0.2, -0.15) is 0 Å². The second-order valence-electron chi connectivity index (χ2n) is 5.67. The molecule has 5 nitrogen and oxygen atoms in total. The zero-order valence-corrected chi connectivity index (χ0v) is 12.3. The highest BCUT2D eigenvalue weighted by Gasteiger charge is 2.23. The second-order valence-corrected chi connectivity index (χ2v) is 5.67. The van der Waals surface area contributed by atoms with Crippen molar-refractivity contribution in [2.75, 3.05) is 39.3 Å². The molecule has 1 amide bonds. The molecule has 1 atom stereocenters. The monoisotopic (exact) mass is 289 g/mol. The van der Waals surface area contributed by atoms with Gasteiger partial charge in [0.05, 0.1) is 19.2 Å². The van der Waals surface area contributed by atoms with Crippen LogP contribution in [0.4, 0.5) is 0 Å². The Morgan fingerprint density at radius 1 is 1.33 bits per heavy atom. The summed E-state index contributed by atoms with van der Waals surface area (Å²) in [5.41, 5.74) is 1.09. The number of amides is 1. The highest BCUT2D eigenvalue weighted by atomic mass is 16.5. The molecule has 2 aliphatic heterocycles. The molecule has 0 radical (unpaired) electrons. The van der Waals surface area contributed by atoms with Crippen molar-refractivity contribution in [3.8, 4) is 5.75 Å². The Hall–Kier alpha value is -1.59. The molecule has 1 aromatic rings. The third-order valence-electron chi connectivity index (χ3n) is 4.09. The zero-order valence-electron chi connectivity index (χ0n) is 12.3. The van der Waals surface area contributed by atoms with E-state index in [1.165, 1.54) is 0 Å². The van der Waals surface area contributed by atoms with Crippen molar-refractivity contribution in [2.45, 2.75) is 18.9 Å². The minimum atomic E-state index is 0.0764. The fourth-order valence-corrected chi connectivity index (χ4v) is 2.99. The van der Waals surface area contributed by atoms with Gasteiger partial charge in [0.15, 0.2) is 0 Å². The van der Waals surface area contributed by atoms with Crippen molar-refractivity contribution in [2.24, 2.45) is 0 Å². The largest absolute Gasteiger partial charge is 0.493 e. The fourth-order valence-electron chi connectivity index (χ4n) is 2.99. The van der Waals surface area contributed by atoms with E-state index in [9.17, 15) is 4.79 Å². The Bertz CT molecular complexity index is 484. The molecule has 1 aromatic carbocycles. The highest BCUT2D eigenvalue weighted by molar-refractivity contribution is 5.78. The van der Waals surface area contributed by atoms with E-state index in [-0.39, 0.29) is 11.9 Å². The molecule has 1 saturated heterocycles. The van der Waals surface area contributed by atoms with Crippen LogP contribution in [0.5, 0.6) is 5.75 Å². The molecule has 2 N–H and O–H groups in total. The summed E-state index contributed by atoms with van der Waals surface area (Å²) in [5.74, 6) is 1.01. The summed E-state index contributed by atoms with van der Waals surface area (Å²) < 4.78 is 5.63. The molecule has 1 unspecified atom stereocenters. The third kappa shape index (κ3) is 3.74. The van der Waals surface area contributed by atoms with Crippen LogP contribution >= 0.6 is 0 Å². The van der Waals surface area contributed by atoms with Gasteiger partial charge in [-0.15, -0.1) is 0 Å². The molecule has 2 aliphatic rings. The van der Waals surface area contributed by atoms with Gasteiger partial charge in [-0.25, -0.2) is 0 Å². The quantitative estimate of drug-likeness (QED) is 0.869. The van der Waals surface area contributed by atoms with Crippen LogP contribution in [0.3, 0.4) is 0 Å². The topological polar surface area (TPSA) is 53.6 Å². The highest BCUT2D eigenvalue weighted by Crippen LogP contribution is 2.31. The summed E-state index contributed by atoms with van der Waals surface area (Å²) in [6.07, 6.45) is 1.94. The standard InChI is InChI=1S/C16H23N3O2/c20-16(12-19-9-3-7-17-8-10-19)18-14-6-11-21-15-5-2-1-4-13(14)15/h1-2,4-5,14,17H,3,6-12H2,(H,18,20). The summed E-state index contributed by atoms with van der Waals surface area (Å²) in [4.78, 5) is 14.5. The number of rotatable bonds is 3. The molecule has 0 aliphatic carbocycles. The smallest absolute Gasteiger partial charge is 0.234 e. The maximum atomic E-state index is 12.3. The molecule has 114 valence electrons. The van der Waals surface area contributed by atoms with Gasteiger partial charge in [-0.05, 0) is 25.6 Å². The molecular formula is C16H23N3O2. The van der Waals surface area contributed by atoms with Gasteiger partial charge in [0.2, 0.25) is 5.91 Å². The summed E-state index contributed by atoms with van der Waals surface area (Å²) in [6.45, 7) is 5.10. The lowest BCUT2D eigenvalue weighted by Gasteiger charge is -2.27. The van der Waals surface area contributed by atoms with Crippen LogP contribution in [0.1, 0.15) is 24.4 Å². The van der Waals surface area contributed by atoms with Crippen molar-refractivity contribution in [1.82, 2.24) is 15.5 Å². The second kappa shape index (κ2) is 6.91. The summed E-state index contributed by atoms with van der Waals surface area (Å²) in [6, 6.07) is 8.04. The lowest BCUT2D eigenvalue weighted by Crippen LogP contribution is -2.41. The number of fused-ring (bicyclic) bond motifs is 1. The number of nitrogens with one attached hydrogen (secondary N) is 2. The van der Waals surface area contributed by atoms with Crippen molar-refractivity contribution in [3.05, 3.63) is 29.8 Å². The zero-order chi connectivity index (χ0) is 14.5. The lowest BCUT2D eigenvalue weighted by molar-refractivity contribution is -0.123. The molecule has 0 aromatic heterocycles. The van der Waals surface area contributed by atoms with Crippen LogP contribution in [0.15, 0.2) is 24.3 Å². The molecule has 2 heterocycles. The Morgan fingerprint density at radius 2 is 2.24 bits per heavy atom. The van der Waals surface area contributed by atoms with Crippen LogP contribution < -0.4 is 15.4 Å². The Labute approximate surface area is 125 Å². The van der Waals surface area contributed by atoms with Gasteiger partial charge >= 0.3 is 0 Å². The van der Waals surface area contributed by atoms with Crippen molar-refractivity contribution in [1.29, 1.82) is 0 Å². The van der Waals surface area contributed by atoms with E-state index in [4.69, 9.17) is 4.74 Å². The molecule has 3 rings (SSSR count). The van der Waals surface area contributed by atoms with Gasteiger partial charge < -0.3 is 15.4 Å². The third-order valence-corrected chi connectivity index (χ3v) is 4.09. The number of para-hydroxylation sites is 1. The van der Waals surface area contributed by atoms with E-state index in [0.29, 0.717) is 13.2 Å². The van der Waals surface area contributed by atoms with Crippen LogP contribution in [-0.4, -0.2) is 50.1 Å². The SMILES string of the molecule is O=C(CN1CCCNCC1)NC1CCOc2ccccc21. The first-order valence-electron chi connectivity index (χ1n) is 7.77.